The van der Waals surface area contributed by atoms with Crippen LogP contribution in [-0.4, -0.2) is 75.7 Å². The molecule has 0 aromatic heterocycles. The Morgan fingerprint density at radius 1 is 0.750 bits per heavy atom. The van der Waals surface area contributed by atoms with E-state index < -0.39 is 47.9 Å². The Labute approximate surface area is 256 Å². The van der Waals surface area contributed by atoms with Gasteiger partial charge in [0.05, 0.1) is 6.04 Å². The summed E-state index contributed by atoms with van der Waals surface area (Å²) < 4.78 is 0. The molecule has 0 fully saturated rings. The van der Waals surface area contributed by atoms with Crippen LogP contribution in [0.2, 0.25) is 0 Å². The van der Waals surface area contributed by atoms with Gasteiger partial charge in [-0.3, -0.25) is 19.4 Å². The maximum atomic E-state index is 13.6. The molecule has 4 unspecified atom stereocenters. The van der Waals surface area contributed by atoms with Gasteiger partial charge in [-0.2, -0.15) is 0 Å². The summed E-state index contributed by atoms with van der Waals surface area (Å²) >= 11 is 0. The van der Waals surface area contributed by atoms with Crippen LogP contribution in [0.1, 0.15) is 44.2 Å². The van der Waals surface area contributed by atoms with E-state index in [-0.39, 0.29) is 55.6 Å². The largest absolute Gasteiger partial charge is 0.508 e. The molecule has 0 aliphatic heterocycles. The number of aliphatic carboxylic acids is 1. The summed E-state index contributed by atoms with van der Waals surface area (Å²) in [5.74, 6) is -3.30. The Hall–Kier alpha value is -4.85. The van der Waals surface area contributed by atoms with Crippen molar-refractivity contribution < 1.29 is 34.5 Å². The minimum atomic E-state index is -1.34. The number of nitrogens with one attached hydrogen (secondary N) is 3. The van der Waals surface area contributed by atoms with Crippen molar-refractivity contribution in [3.8, 4) is 11.5 Å². The molecule has 0 heterocycles. The predicted octanol–water partition coefficient (Wildman–Crippen LogP) is -0.151. The second kappa shape index (κ2) is 17.3. The number of aliphatic imine (C=N–C) groups is 1. The molecule has 0 bridgehead atoms. The van der Waals surface area contributed by atoms with E-state index >= 15 is 0 Å². The van der Waals surface area contributed by atoms with Gasteiger partial charge in [0.2, 0.25) is 17.7 Å². The molecule has 0 radical (unpaired) electrons. The summed E-state index contributed by atoms with van der Waals surface area (Å²) in [4.78, 5) is 55.8. The fraction of sp³-hybridized carbons (Fsp3) is 0.433. The zero-order valence-electron chi connectivity index (χ0n) is 24.9. The highest BCUT2D eigenvalue weighted by Crippen LogP contribution is 2.14. The van der Waals surface area contributed by atoms with Crippen LogP contribution in [0.5, 0.6) is 11.5 Å². The van der Waals surface area contributed by atoms with Gasteiger partial charge < -0.3 is 48.5 Å². The van der Waals surface area contributed by atoms with Gasteiger partial charge in [0, 0.05) is 19.4 Å². The summed E-state index contributed by atoms with van der Waals surface area (Å²) in [5.41, 5.74) is 18.0. The van der Waals surface area contributed by atoms with E-state index in [9.17, 15) is 34.5 Å². The Balaban J connectivity index is 2.28. The molecule has 0 aliphatic rings. The number of hydrogen-bond donors (Lipinski definition) is 9. The number of phenolic OH excluding ortho intramolecular Hbond substituents is 2. The monoisotopic (exact) mass is 613 g/mol. The van der Waals surface area contributed by atoms with Crippen LogP contribution in [-0.2, 0) is 32.0 Å². The zero-order valence-corrected chi connectivity index (χ0v) is 24.9. The third-order valence-electron chi connectivity index (χ3n) is 6.64. The molecule has 2 aromatic carbocycles. The summed E-state index contributed by atoms with van der Waals surface area (Å²) in [6.45, 7) is 3.96. The molecule has 14 nitrogen and oxygen atoms in total. The SMILES string of the molecule is CC(C)CC(N)C(=O)NC(Cc1ccc(O)cc1)C(=O)NC(CCCN=C(N)N)C(=O)NC(Cc1ccc(O)cc1)C(=O)O. The standard InChI is InChI=1S/C30H43N7O7/c1-17(2)14-22(31)26(40)36-24(15-18-5-9-20(38)10-6-18)28(42)35-23(4-3-13-34-30(32)33)27(41)37-25(29(43)44)16-19-7-11-21(39)12-8-19/h5-12,17,22-25,38-39H,3-4,13-16,31H2,1-2H3,(H,35,42)(H,36,40)(H,37,41)(H,43,44)(H4,32,33,34). The van der Waals surface area contributed by atoms with Crippen LogP contribution in [0.15, 0.2) is 53.5 Å². The first-order chi connectivity index (χ1) is 20.7. The maximum Gasteiger partial charge on any atom is 0.326 e. The first kappa shape index (κ1) is 35.3. The van der Waals surface area contributed by atoms with Crippen molar-refractivity contribution in [2.75, 3.05) is 6.54 Å². The third-order valence-corrected chi connectivity index (χ3v) is 6.64. The van der Waals surface area contributed by atoms with Gasteiger partial charge in [-0.1, -0.05) is 38.1 Å². The number of carbonyl (C=O) groups excluding carboxylic acids is 3. The van der Waals surface area contributed by atoms with Gasteiger partial charge in [-0.25, -0.2) is 4.79 Å². The normalized spacial score (nSPS) is 13.6. The maximum absolute atomic E-state index is 13.6. The van der Waals surface area contributed by atoms with Crippen molar-refractivity contribution in [2.24, 2.45) is 28.1 Å². The minimum Gasteiger partial charge on any atom is -0.508 e. The lowest BCUT2D eigenvalue weighted by molar-refractivity contribution is -0.142. The van der Waals surface area contributed by atoms with Crippen molar-refractivity contribution in [3.05, 3.63) is 59.7 Å². The second-order valence-electron chi connectivity index (χ2n) is 10.9. The summed E-state index contributed by atoms with van der Waals surface area (Å²) in [5, 5.41) is 36.7. The van der Waals surface area contributed by atoms with Crippen LogP contribution in [0.3, 0.4) is 0 Å². The van der Waals surface area contributed by atoms with Crippen molar-refractivity contribution in [3.63, 3.8) is 0 Å². The molecule has 2 aromatic rings. The van der Waals surface area contributed by atoms with Gasteiger partial charge in [0.15, 0.2) is 5.96 Å². The average molecular weight is 614 g/mol. The number of nitrogens with two attached hydrogens (primary N) is 3. The molecule has 0 aliphatic carbocycles. The van der Waals surface area contributed by atoms with Crippen LogP contribution >= 0.6 is 0 Å². The average Bonchev–Trinajstić information content (AvgIpc) is 2.95. The van der Waals surface area contributed by atoms with Crippen LogP contribution in [0.4, 0.5) is 0 Å². The van der Waals surface area contributed by atoms with E-state index in [2.05, 4.69) is 20.9 Å². The van der Waals surface area contributed by atoms with Crippen molar-refractivity contribution in [1.82, 2.24) is 16.0 Å². The molecular formula is C30H43N7O7. The van der Waals surface area contributed by atoms with E-state index in [0.717, 1.165) is 0 Å². The molecule has 0 saturated carbocycles. The number of guanidine groups is 1. The highest BCUT2D eigenvalue weighted by molar-refractivity contribution is 5.94. The van der Waals surface area contributed by atoms with Gasteiger partial charge in [0.25, 0.3) is 0 Å². The number of aromatic hydroxyl groups is 2. The quantitative estimate of drug-likeness (QED) is 0.0647. The Morgan fingerprint density at radius 3 is 1.68 bits per heavy atom. The van der Waals surface area contributed by atoms with Gasteiger partial charge in [-0.15, -0.1) is 0 Å². The lowest BCUT2D eigenvalue weighted by Crippen LogP contribution is -2.57. The Bertz CT molecular complexity index is 1280. The summed E-state index contributed by atoms with van der Waals surface area (Å²) in [6, 6.07) is 7.37. The molecular weight excluding hydrogens is 570 g/mol. The molecule has 44 heavy (non-hydrogen) atoms. The van der Waals surface area contributed by atoms with Crippen LogP contribution in [0, 0.1) is 5.92 Å². The molecule has 3 amide bonds. The predicted molar refractivity (Wildman–Crippen MR) is 164 cm³/mol. The molecule has 0 spiro atoms. The lowest BCUT2D eigenvalue weighted by atomic mass is 10.0. The van der Waals surface area contributed by atoms with Crippen LogP contribution in [0.25, 0.3) is 0 Å². The second-order valence-corrected chi connectivity index (χ2v) is 10.9. The molecule has 4 atom stereocenters. The lowest BCUT2D eigenvalue weighted by Gasteiger charge is -2.25. The number of nitrogens with zero attached hydrogens (tertiary/aromatic N) is 1. The van der Waals surface area contributed by atoms with Crippen molar-refractivity contribution in [1.29, 1.82) is 0 Å². The third kappa shape index (κ3) is 12.6. The fourth-order valence-electron chi connectivity index (χ4n) is 4.36. The van der Waals surface area contributed by atoms with Gasteiger partial charge >= 0.3 is 5.97 Å². The number of hydrogen-bond acceptors (Lipinski definition) is 8. The molecule has 240 valence electrons. The molecule has 0 saturated heterocycles. The highest BCUT2D eigenvalue weighted by Gasteiger charge is 2.30. The number of benzene rings is 2. The number of rotatable bonds is 17. The Kier molecular flexibility index (Phi) is 13.9. The number of carboxylic acid groups (broad SMARTS) is 1. The van der Waals surface area contributed by atoms with E-state index in [1.54, 1.807) is 12.1 Å². The van der Waals surface area contributed by atoms with Crippen LogP contribution < -0.4 is 33.2 Å². The van der Waals surface area contributed by atoms with Crippen molar-refractivity contribution in [2.45, 2.75) is 70.1 Å². The first-order valence-corrected chi connectivity index (χ1v) is 14.3. The van der Waals surface area contributed by atoms with E-state index in [1.807, 2.05) is 13.8 Å². The number of amides is 3. The Morgan fingerprint density at radius 2 is 1.20 bits per heavy atom. The van der Waals surface area contributed by atoms with E-state index in [0.29, 0.717) is 17.5 Å². The van der Waals surface area contributed by atoms with Crippen molar-refractivity contribution >= 4 is 29.7 Å². The van der Waals surface area contributed by atoms with Gasteiger partial charge in [-0.05, 0) is 60.6 Å². The topological polar surface area (TPSA) is 255 Å². The summed E-state index contributed by atoms with van der Waals surface area (Å²) in [6.07, 6.45) is 0.635. The summed E-state index contributed by atoms with van der Waals surface area (Å²) in [7, 11) is 0. The molecule has 2 rings (SSSR count). The van der Waals surface area contributed by atoms with E-state index in [4.69, 9.17) is 17.2 Å². The van der Waals surface area contributed by atoms with Gasteiger partial charge in [0.1, 0.15) is 29.6 Å². The molecule has 12 N–H and O–H groups in total. The zero-order chi connectivity index (χ0) is 32.8. The van der Waals surface area contributed by atoms with E-state index in [1.165, 1.54) is 36.4 Å². The number of phenols is 2. The number of carbonyl (C=O) groups is 4. The first-order valence-electron chi connectivity index (χ1n) is 14.3. The highest BCUT2D eigenvalue weighted by atomic mass is 16.4. The smallest absolute Gasteiger partial charge is 0.326 e. The fourth-order valence-corrected chi connectivity index (χ4v) is 4.36. The molecule has 14 heteroatoms. The number of carboxylic acids is 1. The minimum absolute atomic E-state index is 0.00678.